The summed E-state index contributed by atoms with van der Waals surface area (Å²) in [5.41, 5.74) is 0.920. The molecule has 1 fully saturated rings. The molecular formula is C20H26BrN3O2. The van der Waals surface area contributed by atoms with Gasteiger partial charge in [-0.25, -0.2) is 0 Å². The number of halogens is 1. The van der Waals surface area contributed by atoms with Crippen LogP contribution in [0, 0.1) is 5.92 Å². The van der Waals surface area contributed by atoms with Gasteiger partial charge in [0.25, 0.3) is 0 Å². The Labute approximate surface area is 163 Å². The molecule has 140 valence electrons. The molecule has 1 amide bonds. The predicted molar refractivity (Wildman–Crippen MR) is 105 cm³/mol. The minimum atomic E-state index is 0.199. The summed E-state index contributed by atoms with van der Waals surface area (Å²) in [6.45, 7) is 4.87. The van der Waals surface area contributed by atoms with Crippen LogP contribution < -0.4 is 0 Å². The van der Waals surface area contributed by atoms with Crippen molar-refractivity contribution in [3.63, 3.8) is 0 Å². The van der Waals surface area contributed by atoms with Gasteiger partial charge in [-0.2, -0.15) is 4.98 Å². The quantitative estimate of drug-likeness (QED) is 0.642. The average molecular weight is 420 g/mol. The van der Waals surface area contributed by atoms with E-state index in [1.807, 2.05) is 29.2 Å². The molecule has 0 aliphatic heterocycles. The fourth-order valence-corrected chi connectivity index (χ4v) is 3.73. The standard InChI is InChI=1S/C20H26BrN3O2/c1-3-14(2)24(20(25)16-6-4-5-7-16)13-12-18-22-19(23-26-18)15-8-10-17(21)11-9-15/h8-11,14,16H,3-7,12-13H2,1-2H3/t14-/m0/s1. The van der Waals surface area contributed by atoms with Crippen molar-refractivity contribution in [2.45, 2.75) is 58.4 Å². The highest BCUT2D eigenvalue weighted by molar-refractivity contribution is 9.10. The van der Waals surface area contributed by atoms with Gasteiger partial charge in [-0.05, 0) is 50.5 Å². The molecule has 0 saturated heterocycles. The zero-order chi connectivity index (χ0) is 18.5. The molecule has 1 heterocycles. The van der Waals surface area contributed by atoms with Crippen molar-refractivity contribution in [3.05, 3.63) is 34.6 Å². The molecule has 0 N–H and O–H groups in total. The van der Waals surface area contributed by atoms with Crippen molar-refractivity contribution in [1.82, 2.24) is 15.0 Å². The number of aromatic nitrogens is 2. The SMILES string of the molecule is CC[C@H](C)N(CCc1nc(-c2ccc(Br)cc2)no1)C(=O)C1CCCC1. The van der Waals surface area contributed by atoms with Crippen LogP contribution in [-0.2, 0) is 11.2 Å². The molecular weight excluding hydrogens is 394 g/mol. The molecule has 0 spiro atoms. The average Bonchev–Trinajstić information content (AvgIpc) is 3.34. The summed E-state index contributed by atoms with van der Waals surface area (Å²) in [7, 11) is 0. The zero-order valence-electron chi connectivity index (χ0n) is 15.4. The van der Waals surface area contributed by atoms with Crippen LogP contribution >= 0.6 is 15.9 Å². The van der Waals surface area contributed by atoms with Crippen LogP contribution in [0.15, 0.2) is 33.3 Å². The van der Waals surface area contributed by atoms with Crippen LogP contribution in [0.5, 0.6) is 0 Å². The molecule has 1 aromatic carbocycles. The lowest BCUT2D eigenvalue weighted by molar-refractivity contribution is -0.137. The monoisotopic (exact) mass is 419 g/mol. The van der Waals surface area contributed by atoms with Gasteiger partial charge in [-0.1, -0.05) is 40.9 Å². The van der Waals surface area contributed by atoms with Crippen molar-refractivity contribution < 1.29 is 9.32 Å². The molecule has 0 bridgehead atoms. The summed E-state index contributed by atoms with van der Waals surface area (Å²) in [5, 5.41) is 4.08. The number of benzene rings is 1. The van der Waals surface area contributed by atoms with Gasteiger partial charge in [0.2, 0.25) is 17.6 Å². The lowest BCUT2D eigenvalue weighted by atomic mass is 10.0. The maximum atomic E-state index is 12.9. The van der Waals surface area contributed by atoms with Crippen LogP contribution in [0.25, 0.3) is 11.4 Å². The van der Waals surface area contributed by atoms with Crippen LogP contribution in [0.3, 0.4) is 0 Å². The van der Waals surface area contributed by atoms with E-state index in [9.17, 15) is 4.79 Å². The zero-order valence-corrected chi connectivity index (χ0v) is 17.0. The highest BCUT2D eigenvalue weighted by Crippen LogP contribution is 2.27. The fraction of sp³-hybridized carbons (Fsp3) is 0.550. The molecule has 1 saturated carbocycles. The first kappa shape index (κ1) is 19.1. The van der Waals surface area contributed by atoms with Crippen molar-refractivity contribution >= 4 is 21.8 Å². The van der Waals surface area contributed by atoms with Crippen LogP contribution in [-0.4, -0.2) is 33.5 Å². The van der Waals surface area contributed by atoms with Crippen molar-refractivity contribution in [2.75, 3.05) is 6.54 Å². The van der Waals surface area contributed by atoms with Crippen molar-refractivity contribution in [1.29, 1.82) is 0 Å². The van der Waals surface area contributed by atoms with E-state index in [1.165, 1.54) is 12.8 Å². The van der Waals surface area contributed by atoms with Crippen molar-refractivity contribution in [3.8, 4) is 11.4 Å². The van der Waals surface area contributed by atoms with E-state index in [1.54, 1.807) is 0 Å². The molecule has 6 heteroatoms. The first-order chi connectivity index (χ1) is 12.6. The molecule has 1 aliphatic rings. The Morgan fingerprint density at radius 2 is 2.00 bits per heavy atom. The topological polar surface area (TPSA) is 59.2 Å². The lowest BCUT2D eigenvalue weighted by Gasteiger charge is -2.30. The number of amides is 1. The van der Waals surface area contributed by atoms with E-state index in [0.29, 0.717) is 30.6 Å². The van der Waals surface area contributed by atoms with Crippen LogP contribution in [0.1, 0.15) is 51.8 Å². The van der Waals surface area contributed by atoms with Crippen LogP contribution in [0.2, 0.25) is 0 Å². The van der Waals surface area contributed by atoms with Gasteiger partial charge in [0, 0.05) is 35.0 Å². The summed E-state index contributed by atoms with van der Waals surface area (Å²) in [4.78, 5) is 19.4. The Morgan fingerprint density at radius 3 is 2.65 bits per heavy atom. The van der Waals surface area contributed by atoms with Crippen LogP contribution in [0.4, 0.5) is 0 Å². The van der Waals surface area contributed by atoms with E-state index in [2.05, 4.69) is 39.9 Å². The van der Waals surface area contributed by atoms with Gasteiger partial charge in [-0.3, -0.25) is 4.79 Å². The molecule has 0 radical (unpaired) electrons. The molecule has 1 aromatic heterocycles. The minimum Gasteiger partial charge on any atom is -0.339 e. The molecule has 26 heavy (non-hydrogen) atoms. The number of rotatable bonds is 7. The largest absolute Gasteiger partial charge is 0.339 e. The molecule has 1 aliphatic carbocycles. The summed E-state index contributed by atoms with van der Waals surface area (Å²) in [6.07, 6.45) is 5.94. The third-order valence-corrected chi connectivity index (χ3v) is 5.78. The Kier molecular flexibility index (Phi) is 6.46. The van der Waals surface area contributed by atoms with E-state index in [0.717, 1.165) is 29.3 Å². The number of carbonyl (C=O) groups is 1. The van der Waals surface area contributed by atoms with Gasteiger partial charge in [-0.15, -0.1) is 0 Å². The smallest absolute Gasteiger partial charge is 0.228 e. The third-order valence-electron chi connectivity index (χ3n) is 5.25. The first-order valence-electron chi connectivity index (χ1n) is 9.47. The molecule has 0 unspecified atom stereocenters. The first-order valence-corrected chi connectivity index (χ1v) is 10.3. The van der Waals surface area contributed by atoms with E-state index in [4.69, 9.17) is 4.52 Å². The summed E-state index contributed by atoms with van der Waals surface area (Å²) < 4.78 is 6.42. The maximum Gasteiger partial charge on any atom is 0.228 e. The Hall–Kier alpha value is -1.69. The maximum absolute atomic E-state index is 12.9. The third kappa shape index (κ3) is 4.53. The molecule has 1 atom stereocenters. The lowest BCUT2D eigenvalue weighted by Crippen LogP contribution is -2.42. The second-order valence-electron chi connectivity index (χ2n) is 7.04. The van der Waals surface area contributed by atoms with E-state index in [-0.39, 0.29) is 12.0 Å². The fourth-order valence-electron chi connectivity index (χ4n) is 3.46. The van der Waals surface area contributed by atoms with Gasteiger partial charge in [0.1, 0.15) is 0 Å². The normalized spacial score (nSPS) is 16.0. The second-order valence-corrected chi connectivity index (χ2v) is 7.95. The van der Waals surface area contributed by atoms with Gasteiger partial charge >= 0.3 is 0 Å². The second kappa shape index (κ2) is 8.80. The number of hydrogen-bond acceptors (Lipinski definition) is 4. The number of carbonyl (C=O) groups excluding carboxylic acids is 1. The van der Waals surface area contributed by atoms with Gasteiger partial charge in [0.05, 0.1) is 0 Å². The van der Waals surface area contributed by atoms with Crippen molar-refractivity contribution in [2.24, 2.45) is 5.92 Å². The van der Waals surface area contributed by atoms with Gasteiger partial charge < -0.3 is 9.42 Å². The highest BCUT2D eigenvalue weighted by Gasteiger charge is 2.29. The summed E-state index contributed by atoms with van der Waals surface area (Å²) >= 11 is 3.42. The number of nitrogens with zero attached hydrogens (tertiary/aromatic N) is 3. The highest BCUT2D eigenvalue weighted by atomic mass is 79.9. The molecule has 3 rings (SSSR count). The Balaban J connectivity index is 1.65. The molecule has 2 aromatic rings. The summed E-state index contributed by atoms with van der Waals surface area (Å²) in [5.74, 6) is 1.66. The Bertz CT molecular complexity index is 723. The summed E-state index contributed by atoms with van der Waals surface area (Å²) in [6, 6.07) is 8.05. The predicted octanol–water partition coefficient (Wildman–Crippen LogP) is 4.86. The minimum absolute atomic E-state index is 0.199. The molecule has 5 nitrogen and oxygen atoms in total. The Morgan fingerprint density at radius 1 is 1.31 bits per heavy atom. The number of hydrogen-bond donors (Lipinski definition) is 0. The van der Waals surface area contributed by atoms with E-state index >= 15 is 0 Å². The van der Waals surface area contributed by atoms with E-state index < -0.39 is 0 Å². The van der Waals surface area contributed by atoms with Gasteiger partial charge in [0.15, 0.2) is 0 Å².